The third-order valence-electron chi connectivity index (χ3n) is 8.19. The Kier molecular flexibility index (Phi) is 9.72. The summed E-state index contributed by atoms with van der Waals surface area (Å²) in [4.78, 5) is 29.0. The van der Waals surface area contributed by atoms with Gasteiger partial charge in [0.2, 0.25) is 5.13 Å². The standard InChI is InChI=1S/C40H31N3O5S2/c1-26-11-8-9-14-30(26)24-47-31-21-19-28(20-22-31)36(44)34-35(29-15-10-18-33(23-29)48-32-16-6-3-7-17-32)43(38(46)37(34)45)39-41-42-40(50-39)49-25-27-12-4-2-5-13-27/h2-23,35,44H,24-25H2,1H3. The summed E-state index contributed by atoms with van der Waals surface area (Å²) >= 11 is 2.71. The zero-order valence-electron chi connectivity index (χ0n) is 26.9. The fourth-order valence-electron chi connectivity index (χ4n) is 5.59. The second-order valence-corrected chi connectivity index (χ2v) is 13.7. The molecule has 1 fully saturated rings. The van der Waals surface area contributed by atoms with Crippen molar-refractivity contribution in [2.45, 2.75) is 29.7 Å². The number of thioether (sulfide) groups is 1. The van der Waals surface area contributed by atoms with Crippen molar-refractivity contribution in [2.75, 3.05) is 4.90 Å². The number of carbonyl (C=O) groups excluding carboxylic acids is 2. The normalized spacial score (nSPS) is 15.3. The van der Waals surface area contributed by atoms with E-state index in [0.29, 0.717) is 45.1 Å². The molecule has 1 aliphatic rings. The molecule has 0 aliphatic carbocycles. The molecule has 0 radical (unpaired) electrons. The molecular weight excluding hydrogens is 667 g/mol. The van der Waals surface area contributed by atoms with Gasteiger partial charge >= 0.3 is 5.91 Å². The number of anilines is 1. The number of hydrogen-bond acceptors (Lipinski definition) is 9. The molecule has 5 aromatic carbocycles. The number of ketones is 1. The Balaban J connectivity index is 1.22. The van der Waals surface area contributed by atoms with Crippen LogP contribution >= 0.6 is 23.1 Å². The largest absolute Gasteiger partial charge is 0.507 e. The molecule has 50 heavy (non-hydrogen) atoms. The predicted octanol–water partition coefficient (Wildman–Crippen LogP) is 9.14. The molecule has 6 aromatic rings. The van der Waals surface area contributed by atoms with Crippen LogP contribution in [0.15, 0.2) is 143 Å². The lowest BCUT2D eigenvalue weighted by atomic mass is 9.95. The number of amides is 1. The number of hydrogen-bond donors (Lipinski definition) is 1. The molecule has 1 unspecified atom stereocenters. The van der Waals surface area contributed by atoms with Crippen molar-refractivity contribution in [3.63, 3.8) is 0 Å². The van der Waals surface area contributed by atoms with E-state index in [1.54, 1.807) is 48.5 Å². The molecule has 7 rings (SSSR count). The van der Waals surface area contributed by atoms with Gasteiger partial charge in [0.25, 0.3) is 5.78 Å². The first kappa shape index (κ1) is 32.8. The van der Waals surface area contributed by atoms with Gasteiger partial charge < -0.3 is 14.6 Å². The first-order chi connectivity index (χ1) is 24.4. The number of carbonyl (C=O) groups is 2. The van der Waals surface area contributed by atoms with Crippen LogP contribution in [0.3, 0.4) is 0 Å². The van der Waals surface area contributed by atoms with Gasteiger partial charge in [0, 0.05) is 11.3 Å². The van der Waals surface area contributed by atoms with E-state index in [0.717, 1.165) is 16.7 Å². The summed E-state index contributed by atoms with van der Waals surface area (Å²) in [6.45, 7) is 2.42. The third kappa shape index (κ3) is 7.17. The Hall–Kier alpha value is -5.71. The lowest BCUT2D eigenvalue weighted by Gasteiger charge is -2.23. The van der Waals surface area contributed by atoms with Gasteiger partial charge in [-0.2, -0.15) is 0 Å². The number of nitrogens with zero attached hydrogens (tertiary/aromatic N) is 3. The summed E-state index contributed by atoms with van der Waals surface area (Å²) in [5, 5.41) is 20.7. The molecule has 1 aliphatic heterocycles. The summed E-state index contributed by atoms with van der Waals surface area (Å²) in [6.07, 6.45) is 0. The molecule has 0 spiro atoms. The highest BCUT2D eigenvalue weighted by Gasteiger charge is 2.48. The van der Waals surface area contributed by atoms with Crippen LogP contribution in [0.1, 0.15) is 33.9 Å². The van der Waals surface area contributed by atoms with Crippen LogP contribution in [0.2, 0.25) is 0 Å². The van der Waals surface area contributed by atoms with E-state index in [4.69, 9.17) is 9.47 Å². The van der Waals surface area contributed by atoms with E-state index >= 15 is 0 Å². The van der Waals surface area contributed by atoms with Crippen molar-refractivity contribution in [3.8, 4) is 17.2 Å². The van der Waals surface area contributed by atoms with E-state index < -0.39 is 17.7 Å². The van der Waals surface area contributed by atoms with Crippen molar-refractivity contribution in [1.82, 2.24) is 10.2 Å². The monoisotopic (exact) mass is 697 g/mol. The number of benzene rings is 5. The van der Waals surface area contributed by atoms with Gasteiger partial charge in [-0.3, -0.25) is 14.5 Å². The SMILES string of the molecule is Cc1ccccc1COc1ccc(C(O)=C2C(=O)C(=O)N(c3nnc(SCc4ccccc4)s3)C2c2cccc(Oc3ccccc3)c2)cc1. The highest BCUT2D eigenvalue weighted by molar-refractivity contribution is 8.00. The van der Waals surface area contributed by atoms with Crippen LogP contribution in [-0.4, -0.2) is 27.0 Å². The molecule has 1 N–H and O–H groups in total. The Morgan fingerprint density at radius 3 is 2.26 bits per heavy atom. The second-order valence-electron chi connectivity index (χ2n) is 11.5. The summed E-state index contributed by atoms with van der Waals surface area (Å²) in [6, 6.07) is 40.2. The number of rotatable bonds is 11. The maximum atomic E-state index is 13.8. The van der Waals surface area contributed by atoms with Crippen molar-refractivity contribution in [2.24, 2.45) is 0 Å². The molecule has 1 atom stereocenters. The second kappa shape index (κ2) is 14.8. The lowest BCUT2D eigenvalue weighted by Crippen LogP contribution is -2.29. The maximum absolute atomic E-state index is 13.8. The third-order valence-corrected chi connectivity index (χ3v) is 10.3. The van der Waals surface area contributed by atoms with Crippen molar-refractivity contribution >= 4 is 45.7 Å². The minimum atomic E-state index is -0.994. The fraction of sp³-hybridized carbons (Fsp3) is 0.100. The highest BCUT2D eigenvalue weighted by Crippen LogP contribution is 2.45. The van der Waals surface area contributed by atoms with Gasteiger partial charge in [-0.05, 0) is 77.7 Å². The number of Topliss-reactive ketones (excluding diaryl/α,β-unsaturated/α-hetero) is 1. The number of ether oxygens (including phenoxy) is 2. The lowest BCUT2D eigenvalue weighted by molar-refractivity contribution is -0.132. The first-order valence-electron chi connectivity index (χ1n) is 15.9. The molecule has 10 heteroatoms. The zero-order chi connectivity index (χ0) is 34.5. The summed E-state index contributed by atoms with van der Waals surface area (Å²) in [7, 11) is 0. The van der Waals surface area contributed by atoms with Gasteiger partial charge in [0.05, 0.1) is 11.6 Å². The average Bonchev–Trinajstić information content (AvgIpc) is 3.72. The number of aryl methyl sites for hydroxylation is 1. The minimum absolute atomic E-state index is 0.0610. The Labute approximate surface area is 297 Å². The Morgan fingerprint density at radius 2 is 1.50 bits per heavy atom. The summed E-state index contributed by atoms with van der Waals surface area (Å²) < 4.78 is 12.7. The van der Waals surface area contributed by atoms with E-state index in [2.05, 4.69) is 10.2 Å². The van der Waals surface area contributed by atoms with Crippen LogP contribution in [0.5, 0.6) is 17.2 Å². The van der Waals surface area contributed by atoms with Crippen molar-refractivity contribution in [3.05, 3.63) is 167 Å². The molecule has 1 amide bonds. The van der Waals surface area contributed by atoms with Gasteiger partial charge in [0.1, 0.15) is 29.6 Å². The fourth-order valence-corrected chi connectivity index (χ4v) is 7.42. The van der Waals surface area contributed by atoms with E-state index in [9.17, 15) is 14.7 Å². The Bertz CT molecular complexity index is 2170. The molecule has 248 valence electrons. The molecule has 2 heterocycles. The smallest absolute Gasteiger partial charge is 0.301 e. The molecule has 0 bridgehead atoms. The number of aromatic nitrogens is 2. The van der Waals surface area contributed by atoms with Crippen LogP contribution in [0.25, 0.3) is 5.76 Å². The minimum Gasteiger partial charge on any atom is -0.507 e. The molecule has 0 saturated carbocycles. The van der Waals surface area contributed by atoms with Crippen LogP contribution in [0.4, 0.5) is 5.13 Å². The quantitative estimate of drug-likeness (QED) is 0.0470. The van der Waals surface area contributed by atoms with Crippen LogP contribution < -0.4 is 14.4 Å². The van der Waals surface area contributed by atoms with Gasteiger partial charge in [0.15, 0.2) is 4.34 Å². The maximum Gasteiger partial charge on any atom is 0.301 e. The number of para-hydroxylation sites is 1. The van der Waals surface area contributed by atoms with Gasteiger partial charge in [-0.15, -0.1) is 10.2 Å². The average molecular weight is 698 g/mol. The van der Waals surface area contributed by atoms with Gasteiger partial charge in [-0.1, -0.05) is 108 Å². The van der Waals surface area contributed by atoms with E-state index in [1.807, 2.05) is 91.9 Å². The molecule has 8 nitrogen and oxygen atoms in total. The molecule has 1 aromatic heterocycles. The highest BCUT2D eigenvalue weighted by atomic mass is 32.2. The van der Waals surface area contributed by atoms with Gasteiger partial charge in [-0.25, -0.2) is 0 Å². The number of aliphatic hydroxyl groups is 1. The topological polar surface area (TPSA) is 102 Å². The van der Waals surface area contributed by atoms with E-state index in [1.165, 1.54) is 28.0 Å². The summed E-state index contributed by atoms with van der Waals surface area (Å²) in [5.74, 6) is 0.468. The predicted molar refractivity (Wildman–Crippen MR) is 196 cm³/mol. The summed E-state index contributed by atoms with van der Waals surface area (Å²) in [5.41, 5.74) is 4.18. The van der Waals surface area contributed by atoms with E-state index in [-0.39, 0.29) is 16.5 Å². The molecule has 1 saturated heterocycles. The first-order valence-corrected chi connectivity index (χ1v) is 17.7. The van der Waals surface area contributed by atoms with Crippen LogP contribution in [-0.2, 0) is 21.9 Å². The number of aliphatic hydroxyl groups excluding tert-OH is 1. The zero-order valence-corrected chi connectivity index (χ0v) is 28.6. The molecular formula is C40H31N3O5S2. The van der Waals surface area contributed by atoms with Crippen molar-refractivity contribution in [1.29, 1.82) is 0 Å². The van der Waals surface area contributed by atoms with Crippen molar-refractivity contribution < 1.29 is 24.2 Å². The Morgan fingerprint density at radius 1 is 0.800 bits per heavy atom. The van der Waals surface area contributed by atoms with Crippen LogP contribution in [0, 0.1) is 6.92 Å².